The number of rotatable bonds is 3. The molecular weight excluding hydrogens is 166 g/mol. The smallest absolute Gasteiger partial charge is 0.324 e. The Balaban J connectivity index is 5.08. The maximum atomic E-state index is 11.1. The minimum Gasteiger partial charge on any atom is -0.480 e. The topological polar surface area (TPSA) is 63.3 Å². The van der Waals surface area contributed by atoms with Gasteiger partial charge in [0.2, 0.25) is 0 Å². The maximum absolute atomic E-state index is 11.1. The van der Waals surface area contributed by atoms with Gasteiger partial charge in [-0.15, -0.1) is 0 Å². The Hall–Kier alpha value is -0.570. The monoisotopic (exact) mass is 187 g/mol. The largest absolute Gasteiger partial charge is 0.480 e. The molecule has 13 heavy (non-hydrogen) atoms. The predicted molar refractivity (Wildman–Crippen MR) is 53.5 cm³/mol. The number of carboxylic acid groups (broad SMARTS) is 1. The van der Waals surface area contributed by atoms with Crippen molar-refractivity contribution in [1.29, 1.82) is 0 Å². The zero-order valence-corrected chi connectivity index (χ0v) is 9.22. The molecule has 0 bridgehead atoms. The summed E-state index contributed by atoms with van der Waals surface area (Å²) in [5.41, 5.74) is 4.41. The third-order valence-corrected chi connectivity index (χ3v) is 2.98. The Kier molecular flexibility index (Phi) is 3.50. The summed E-state index contributed by atoms with van der Waals surface area (Å²) < 4.78 is 0. The molecule has 0 saturated carbocycles. The first-order valence-electron chi connectivity index (χ1n) is 4.70. The van der Waals surface area contributed by atoms with Gasteiger partial charge in [0.1, 0.15) is 5.54 Å². The van der Waals surface area contributed by atoms with Crippen molar-refractivity contribution in [2.24, 2.45) is 17.1 Å². The summed E-state index contributed by atoms with van der Waals surface area (Å²) >= 11 is 0. The van der Waals surface area contributed by atoms with Gasteiger partial charge in [-0.1, -0.05) is 41.0 Å². The fourth-order valence-electron chi connectivity index (χ4n) is 1.59. The van der Waals surface area contributed by atoms with Gasteiger partial charge in [-0.3, -0.25) is 4.79 Å². The molecule has 0 amide bonds. The van der Waals surface area contributed by atoms with Crippen molar-refractivity contribution in [1.82, 2.24) is 0 Å². The Labute approximate surface area is 80.3 Å². The maximum Gasteiger partial charge on any atom is 0.324 e. The van der Waals surface area contributed by atoms with Gasteiger partial charge >= 0.3 is 5.97 Å². The van der Waals surface area contributed by atoms with Crippen LogP contribution in [-0.2, 0) is 4.79 Å². The highest BCUT2D eigenvalue weighted by molar-refractivity contribution is 5.80. The van der Waals surface area contributed by atoms with Crippen LogP contribution in [0, 0.1) is 11.3 Å². The van der Waals surface area contributed by atoms with Crippen LogP contribution >= 0.6 is 0 Å². The van der Waals surface area contributed by atoms with E-state index in [4.69, 9.17) is 10.8 Å². The molecule has 0 aromatic rings. The van der Waals surface area contributed by atoms with Crippen LogP contribution in [0.3, 0.4) is 0 Å². The number of carboxylic acids is 1. The van der Waals surface area contributed by atoms with E-state index in [9.17, 15) is 4.79 Å². The van der Waals surface area contributed by atoms with Gasteiger partial charge in [-0.05, 0) is 11.3 Å². The fraction of sp³-hybridized carbons (Fsp3) is 0.900. The van der Waals surface area contributed by atoms with Crippen LogP contribution in [0.25, 0.3) is 0 Å². The number of hydrogen-bond acceptors (Lipinski definition) is 2. The molecule has 1 unspecified atom stereocenters. The molecule has 0 aliphatic carbocycles. The van der Waals surface area contributed by atoms with E-state index in [1.54, 1.807) is 0 Å². The zero-order chi connectivity index (χ0) is 10.9. The highest BCUT2D eigenvalue weighted by atomic mass is 16.4. The minimum atomic E-state index is -1.14. The summed E-state index contributed by atoms with van der Waals surface area (Å²) in [5.74, 6) is -0.931. The molecule has 3 nitrogen and oxygen atoms in total. The quantitative estimate of drug-likeness (QED) is 0.709. The molecule has 0 aliphatic rings. The van der Waals surface area contributed by atoms with Gasteiger partial charge in [0, 0.05) is 0 Å². The third-order valence-electron chi connectivity index (χ3n) is 2.98. The molecule has 3 heteroatoms. The summed E-state index contributed by atoms with van der Waals surface area (Å²) in [5, 5.41) is 9.14. The van der Waals surface area contributed by atoms with Crippen molar-refractivity contribution in [2.45, 2.75) is 46.6 Å². The molecule has 0 spiro atoms. The highest BCUT2D eigenvalue weighted by Crippen LogP contribution is 2.35. The van der Waals surface area contributed by atoms with E-state index >= 15 is 0 Å². The van der Waals surface area contributed by atoms with E-state index in [1.807, 2.05) is 34.6 Å². The van der Waals surface area contributed by atoms with Crippen LogP contribution in [0.15, 0.2) is 0 Å². The molecule has 0 fully saturated rings. The third kappa shape index (κ3) is 2.02. The van der Waals surface area contributed by atoms with Gasteiger partial charge < -0.3 is 10.8 Å². The van der Waals surface area contributed by atoms with Gasteiger partial charge in [-0.2, -0.15) is 0 Å². The minimum absolute atomic E-state index is 0.0231. The first-order valence-corrected chi connectivity index (χ1v) is 4.70. The molecule has 0 radical (unpaired) electrons. The van der Waals surface area contributed by atoms with Crippen LogP contribution in [0.2, 0.25) is 0 Å². The van der Waals surface area contributed by atoms with Gasteiger partial charge in [-0.25, -0.2) is 0 Å². The number of carbonyl (C=O) groups is 1. The lowest BCUT2D eigenvalue weighted by atomic mass is 9.66. The van der Waals surface area contributed by atoms with Crippen molar-refractivity contribution >= 4 is 5.97 Å². The lowest BCUT2D eigenvalue weighted by Crippen LogP contribution is -2.61. The summed E-state index contributed by atoms with van der Waals surface area (Å²) in [4.78, 5) is 11.1. The van der Waals surface area contributed by atoms with Crippen molar-refractivity contribution in [2.75, 3.05) is 0 Å². The lowest BCUT2D eigenvalue weighted by Gasteiger charge is -2.42. The Morgan fingerprint density at radius 1 is 1.46 bits per heavy atom. The molecule has 78 valence electrons. The second kappa shape index (κ2) is 3.66. The number of nitrogens with two attached hydrogens (primary N) is 1. The van der Waals surface area contributed by atoms with E-state index in [0.717, 1.165) is 6.42 Å². The van der Waals surface area contributed by atoms with Crippen LogP contribution in [0.1, 0.15) is 41.0 Å². The average Bonchev–Trinajstić information content (AvgIpc) is 1.98. The normalized spacial score (nSPS) is 19.2. The SMILES string of the molecule is CC[C@H](C)C(N)(C(=O)O)C(C)(C)C. The summed E-state index contributed by atoms with van der Waals surface area (Å²) in [7, 11) is 0. The van der Waals surface area contributed by atoms with E-state index < -0.39 is 16.9 Å². The molecule has 0 heterocycles. The first kappa shape index (κ1) is 12.4. The molecule has 0 saturated heterocycles. The van der Waals surface area contributed by atoms with Gasteiger partial charge in [0.05, 0.1) is 0 Å². The zero-order valence-electron chi connectivity index (χ0n) is 9.22. The standard InChI is InChI=1S/C10H21NO2/c1-6-7(2)10(11,8(12)13)9(3,4)5/h7H,6,11H2,1-5H3,(H,12,13)/t7-,10?/m0/s1. The van der Waals surface area contributed by atoms with Crippen LogP contribution in [0.5, 0.6) is 0 Å². The molecule has 0 rings (SSSR count). The highest BCUT2D eigenvalue weighted by Gasteiger charge is 2.48. The lowest BCUT2D eigenvalue weighted by molar-refractivity contribution is -0.150. The fourth-order valence-corrected chi connectivity index (χ4v) is 1.59. The van der Waals surface area contributed by atoms with Crippen molar-refractivity contribution in [3.05, 3.63) is 0 Å². The van der Waals surface area contributed by atoms with E-state index in [-0.39, 0.29) is 5.92 Å². The molecule has 0 aliphatic heterocycles. The molecule has 0 aromatic heterocycles. The van der Waals surface area contributed by atoms with Crippen molar-refractivity contribution in [3.63, 3.8) is 0 Å². The summed E-state index contributed by atoms with van der Waals surface area (Å²) in [6, 6.07) is 0. The van der Waals surface area contributed by atoms with Gasteiger partial charge in [0.15, 0.2) is 0 Å². The van der Waals surface area contributed by atoms with Crippen molar-refractivity contribution in [3.8, 4) is 0 Å². The van der Waals surface area contributed by atoms with E-state index in [2.05, 4.69) is 0 Å². The van der Waals surface area contributed by atoms with Crippen LogP contribution < -0.4 is 5.73 Å². The molecule has 2 atom stereocenters. The van der Waals surface area contributed by atoms with Crippen LogP contribution in [-0.4, -0.2) is 16.6 Å². The molecular formula is C10H21NO2. The Bertz CT molecular complexity index is 196. The van der Waals surface area contributed by atoms with E-state index in [1.165, 1.54) is 0 Å². The second-order valence-electron chi connectivity index (χ2n) is 4.73. The predicted octanol–water partition coefficient (Wildman–Crippen LogP) is 1.86. The summed E-state index contributed by atoms with van der Waals surface area (Å²) in [6.07, 6.45) is 0.778. The van der Waals surface area contributed by atoms with Crippen molar-refractivity contribution < 1.29 is 9.90 Å². The van der Waals surface area contributed by atoms with Crippen LogP contribution in [0.4, 0.5) is 0 Å². The van der Waals surface area contributed by atoms with Gasteiger partial charge in [0.25, 0.3) is 0 Å². The Morgan fingerprint density at radius 2 is 1.85 bits per heavy atom. The molecule has 0 aromatic carbocycles. The molecule has 3 N–H and O–H groups in total. The number of hydrogen-bond donors (Lipinski definition) is 2. The van der Waals surface area contributed by atoms with E-state index in [0.29, 0.717) is 0 Å². The average molecular weight is 187 g/mol. The number of aliphatic carboxylic acids is 1. The summed E-state index contributed by atoms with van der Waals surface area (Å²) in [6.45, 7) is 9.45. The Morgan fingerprint density at radius 3 is 1.92 bits per heavy atom. The second-order valence-corrected chi connectivity index (χ2v) is 4.73. The first-order chi connectivity index (χ1) is 5.67.